The first kappa shape index (κ1) is 17.2. The number of amides is 1. The maximum absolute atomic E-state index is 12.9. The first-order valence-electron chi connectivity index (χ1n) is 6.18. The summed E-state index contributed by atoms with van der Waals surface area (Å²) >= 11 is 8.98. The topological polar surface area (TPSA) is 81.5 Å². The molecule has 0 saturated carbocycles. The average Bonchev–Trinajstić information content (AvgIpc) is 2.48. The Hall–Kier alpha value is -2.19. The molecule has 0 fully saturated rings. The van der Waals surface area contributed by atoms with E-state index in [1.807, 2.05) is 0 Å². The molecule has 0 bridgehead atoms. The number of nitrogens with one attached hydrogen (secondary N) is 1. The Morgan fingerprint density at radius 1 is 1.35 bits per heavy atom. The molecule has 0 unspecified atom stereocenters. The van der Waals surface area contributed by atoms with Crippen molar-refractivity contribution in [2.24, 2.45) is 0 Å². The number of non-ortho nitro benzene ring substituents is 1. The van der Waals surface area contributed by atoms with Crippen molar-refractivity contribution in [1.82, 2.24) is 0 Å². The molecule has 0 aliphatic rings. The number of nitro groups is 1. The highest BCUT2D eigenvalue weighted by molar-refractivity contribution is 9.10. The summed E-state index contributed by atoms with van der Waals surface area (Å²) in [6.45, 7) is -0.336. The second-order valence-corrected chi connectivity index (χ2v) is 5.59. The number of anilines is 1. The highest BCUT2D eigenvalue weighted by Crippen LogP contribution is 2.27. The summed E-state index contributed by atoms with van der Waals surface area (Å²) in [6.07, 6.45) is 0. The Morgan fingerprint density at radius 3 is 2.70 bits per heavy atom. The van der Waals surface area contributed by atoms with E-state index in [2.05, 4.69) is 21.2 Å². The Labute approximate surface area is 143 Å². The lowest BCUT2D eigenvalue weighted by Gasteiger charge is -2.10. The number of benzene rings is 2. The van der Waals surface area contributed by atoms with Gasteiger partial charge in [0, 0.05) is 12.1 Å². The minimum atomic E-state index is -0.591. The van der Waals surface area contributed by atoms with E-state index >= 15 is 0 Å². The first-order valence-corrected chi connectivity index (χ1v) is 7.35. The van der Waals surface area contributed by atoms with Crippen molar-refractivity contribution in [1.29, 1.82) is 0 Å². The fourth-order valence-electron chi connectivity index (χ4n) is 1.64. The van der Waals surface area contributed by atoms with E-state index in [1.165, 1.54) is 30.3 Å². The van der Waals surface area contributed by atoms with Gasteiger partial charge in [0.1, 0.15) is 11.6 Å². The average molecular weight is 404 g/mol. The number of ether oxygens (including phenoxy) is 1. The number of hydrogen-bond donors (Lipinski definition) is 1. The van der Waals surface area contributed by atoms with E-state index in [1.54, 1.807) is 0 Å². The molecule has 0 heterocycles. The number of rotatable bonds is 5. The summed E-state index contributed by atoms with van der Waals surface area (Å²) in [5.74, 6) is -0.653. The van der Waals surface area contributed by atoms with Crippen LogP contribution in [0.25, 0.3) is 0 Å². The lowest BCUT2D eigenvalue weighted by Crippen LogP contribution is -2.20. The zero-order valence-electron chi connectivity index (χ0n) is 11.4. The molecule has 0 saturated heterocycles. The van der Waals surface area contributed by atoms with Gasteiger partial charge in [0.25, 0.3) is 11.6 Å². The molecule has 0 radical (unpaired) electrons. The van der Waals surface area contributed by atoms with Crippen LogP contribution in [0.3, 0.4) is 0 Å². The molecule has 0 spiro atoms. The SMILES string of the molecule is O=C(COc1ccc(F)cc1Br)Nc1ccc([N+](=O)[O-])cc1Cl. The summed E-state index contributed by atoms with van der Waals surface area (Å²) in [5.41, 5.74) is 0.0449. The summed E-state index contributed by atoms with van der Waals surface area (Å²) in [7, 11) is 0. The summed E-state index contributed by atoms with van der Waals surface area (Å²) in [4.78, 5) is 21.8. The lowest BCUT2D eigenvalue weighted by molar-refractivity contribution is -0.384. The van der Waals surface area contributed by atoms with Gasteiger partial charge in [-0.15, -0.1) is 0 Å². The number of carbonyl (C=O) groups is 1. The fourth-order valence-corrected chi connectivity index (χ4v) is 2.33. The molecule has 2 aromatic rings. The molecule has 1 amide bonds. The molecule has 0 atom stereocenters. The van der Waals surface area contributed by atoms with Crippen molar-refractivity contribution in [3.8, 4) is 5.75 Å². The van der Waals surface area contributed by atoms with Crippen molar-refractivity contribution in [2.45, 2.75) is 0 Å². The molecular formula is C14H9BrClFN2O4. The Balaban J connectivity index is 1.98. The largest absolute Gasteiger partial charge is 0.483 e. The Bertz CT molecular complexity index is 772. The predicted molar refractivity (Wildman–Crippen MR) is 86.3 cm³/mol. The van der Waals surface area contributed by atoms with Crippen LogP contribution in [0, 0.1) is 15.9 Å². The van der Waals surface area contributed by atoms with E-state index in [-0.39, 0.29) is 23.0 Å². The van der Waals surface area contributed by atoms with Gasteiger partial charge in [0.15, 0.2) is 6.61 Å². The van der Waals surface area contributed by atoms with Crippen molar-refractivity contribution in [2.75, 3.05) is 11.9 Å². The third-order valence-electron chi connectivity index (χ3n) is 2.69. The highest BCUT2D eigenvalue weighted by Gasteiger charge is 2.12. The van der Waals surface area contributed by atoms with Crippen LogP contribution in [0.1, 0.15) is 0 Å². The van der Waals surface area contributed by atoms with Gasteiger partial charge < -0.3 is 10.1 Å². The third-order valence-corrected chi connectivity index (χ3v) is 3.62. The Morgan fingerprint density at radius 2 is 2.09 bits per heavy atom. The minimum absolute atomic E-state index is 0.0375. The third kappa shape index (κ3) is 4.64. The molecule has 6 nitrogen and oxygen atoms in total. The van der Waals surface area contributed by atoms with Crippen LogP contribution in [0.2, 0.25) is 5.02 Å². The number of halogens is 3. The minimum Gasteiger partial charge on any atom is -0.483 e. The molecule has 23 heavy (non-hydrogen) atoms. The van der Waals surface area contributed by atoms with Gasteiger partial charge in [-0.1, -0.05) is 11.6 Å². The van der Waals surface area contributed by atoms with Gasteiger partial charge in [-0.05, 0) is 40.2 Å². The summed E-state index contributed by atoms with van der Waals surface area (Å²) in [5, 5.41) is 13.1. The van der Waals surface area contributed by atoms with E-state index in [0.29, 0.717) is 10.2 Å². The quantitative estimate of drug-likeness (QED) is 0.600. The van der Waals surface area contributed by atoms with Crippen molar-refractivity contribution >= 4 is 44.8 Å². The number of nitrogens with zero attached hydrogens (tertiary/aromatic N) is 1. The lowest BCUT2D eigenvalue weighted by atomic mass is 10.3. The number of hydrogen-bond acceptors (Lipinski definition) is 4. The van der Waals surface area contributed by atoms with Crippen LogP contribution < -0.4 is 10.1 Å². The molecule has 0 aliphatic heterocycles. The van der Waals surface area contributed by atoms with Crippen LogP contribution in [0.4, 0.5) is 15.8 Å². The van der Waals surface area contributed by atoms with Gasteiger partial charge >= 0.3 is 0 Å². The van der Waals surface area contributed by atoms with Gasteiger partial charge in [-0.25, -0.2) is 4.39 Å². The van der Waals surface area contributed by atoms with Crippen LogP contribution in [0.5, 0.6) is 5.75 Å². The monoisotopic (exact) mass is 402 g/mol. The van der Waals surface area contributed by atoms with Gasteiger partial charge in [-0.3, -0.25) is 14.9 Å². The second kappa shape index (κ2) is 7.38. The maximum atomic E-state index is 12.9. The van der Waals surface area contributed by atoms with Crippen LogP contribution >= 0.6 is 27.5 Å². The highest BCUT2D eigenvalue weighted by atomic mass is 79.9. The van der Waals surface area contributed by atoms with Crippen molar-refractivity contribution in [3.05, 3.63) is 61.8 Å². The van der Waals surface area contributed by atoms with Gasteiger partial charge in [0.05, 0.1) is 20.1 Å². The number of carbonyl (C=O) groups excluding carboxylic acids is 1. The summed E-state index contributed by atoms with van der Waals surface area (Å²) in [6, 6.07) is 7.47. The zero-order valence-corrected chi connectivity index (χ0v) is 13.7. The molecule has 9 heteroatoms. The molecule has 1 N–H and O–H groups in total. The second-order valence-electron chi connectivity index (χ2n) is 4.33. The van der Waals surface area contributed by atoms with E-state index < -0.39 is 16.6 Å². The Kier molecular flexibility index (Phi) is 5.51. The van der Waals surface area contributed by atoms with Gasteiger partial charge in [0.2, 0.25) is 0 Å². The standard InChI is InChI=1S/C14H9BrClFN2O4/c15-10-5-8(17)1-4-13(10)23-7-14(20)18-12-3-2-9(19(21)22)6-11(12)16/h1-6H,7H2,(H,18,20). The van der Waals surface area contributed by atoms with Crippen molar-refractivity contribution in [3.63, 3.8) is 0 Å². The van der Waals surface area contributed by atoms with E-state index in [9.17, 15) is 19.3 Å². The first-order chi connectivity index (χ1) is 10.9. The van der Waals surface area contributed by atoms with Crippen molar-refractivity contribution < 1.29 is 18.8 Å². The van der Waals surface area contributed by atoms with E-state index in [0.717, 1.165) is 6.07 Å². The normalized spacial score (nSPS) is 10.2. The van der Waals surface area contributed by atoms with E-state index in [4.69, 9.17) is 16.3 Å². The maximum Gasteiger partial charge on any atom is 0.271 e. The molecule has 0 aliphatic carbocycles. The van der Waals surface area contributed by atoms with Gasteiger partial charge in [-0.2, -0.15) is 0 Å². The number of nitro benzene ring substituents is 1. The molecule has 120 valence electrons. The predicted octanol–water partition coefficient (Wildman–Crippen LogP) is 4.17. The molecule has 0 aromatic heterocycles. The smallest absolute Gasteiger partial charge is 0.271 e. The van der Waals surface area contributed by atoms with Crippen LogP contribution in [-0.2, 0) is 4.79 Å². The molecule has 2 aromatic carbocycles. The molecule has 2 rings (SSSR count). The van der Waals surface area contributed by atoms with Crippen LogP contribution in [-0.4, -0.2) is 17.4 Å². The molecular weight excluding hydrogens is 395 g/mol. The van der Waals surface area contributed by atoms with Crippen LogP contribution in [0.15, 0.2) is 40.9 Å². The summed E-state index contributed by atoms with van der Waals surface area (Å²) < 4.78 is 18.6. The fraction of sp³-hybridized carbons (Fsp3) is 0.0714. The zero-order chi connectivity index (χ0) is 17.0.